The Labute approximate surface area is 108 Å². The highest BCUT2D eigenvalue weighted by atomic mass is 35.5. The van der Waals surface area contributed by atoms with E-state index in [9.17, 15) is 0 Å². The average Bonchev–Trinajstić information content (AvgIpc) is 2.27. The lowest BCUT2D eigenvalue weighted by molar-refractivity contribution is 0.228. The van der Waals surface area contributed by atoms with Gasteiger partial charge in [-0.1, -0.05) is 23.8 Å². The van der Waals surface area contributed by atoms with Crippen LogP contribution in [0.4, 0.5) is 0 Å². The smallest absolute Gasteiger partial charge is 0.133 e. The fourth-order valence-electron chi connectivity index (χ4n) is 1.08. The second-order valence-electron chi connectivity index (χ2n) is 3.48. The second-order valence-corrected chi connectivity index (χ2v) is 3.88. The predicted molar refractivity (Wildman–Crippen MR) is 74.4 cm³/mol. The van der Waals surface area contributed by atoms with Crippen LogP contribution in [0.25, 0.3) is 0 Å². The van der Waals surface area contributed by atoms with E-state index in [4.69, 9.17) is 27.8 Å². The molecule has 0 amide bonds. The van der Waals surface area contributed by atoms with Crippen molar-refractivity contribution in [2.45, 2.75) is 26.3 Å². The van der Waals surface area contributed by atoms with Crippen LogP contribution < -0.4 is 11.5 Å². The van der Waals surface area contributed by atoms with E-state index in [1.807, 2.05) is 32.1 Å². The molecule has 0 aliphatic heterocycles. The van der Waals surface area contributed by atoms with E-state index in [0.29, 0.717) is 17.4 Å². The van der Waals surface area contributed by atoms with Crippen molar-refractivity contribution >= 4 is 11.6 Å². The van der Waals surface area contributed by atoms with Crippen LogP contribution in [0.5, 0.6) is 0 Å². The van der Waals surface area contributed by atoms with E-state index in [2.05, 4.69) is 0 Å². The minimum Gasteiger partial charge on any atom is -0.492 e. The van der Waals surface area contributed by atoms with E-state index in [1.54, 1.807) is 12.2 Å². The van der Waals surface area contributed by atoms with Gasteiger partial charge in [0.15, 0.2) is 0 Å². The number of ether oxygens (including phenoxy) is 1. The number of hydrogen-bond acceptors (Lipinski definition) is 3. The van der Waals surface area contributed by atoms with Gasteiger partial charge in [-0.2, -0.15) is 0 Å². The second kappa shape index (κ2) is 10.00. The van der Waals surface area contributed by atoms with Crippen molar-refractivity contribution in [3.8, 4) is 0 Å². The van der Waals surface area contributed by atoms with Gasteiger partial charge < -0.3 is 16.2 Å². The molecule has 0 aromatic heterocycles. The van der Waals surface area contributed by atoms with Gasteiger partial charge in [0.1, 0.15) is 5.76 Å². The number of rotatable bonds is 7. The lowest BCUT2D eigenvalue weighted by Gasteiger charge is -2.09. The highest BCUT2D eigenvalue weighted by Crippen LogP contribution is 2.16. The van der Waals surface area contributed by atoms with Gasteiger partial charge in [-0.3, -0.25) is 0 Å². The van der Waals surface area contributed by atoms with Gasteiger partial charge in [0.2, 0.25) is 0 Å². The number of nitrogens with two attached hydrogens (primary N) is 2. The van der Waals surface area contributed by atoms with Crippen molar-refractivity contribution in [3.05, 3.63) is 47.4 Å². The zero-order valence-corrected chi connectivity index (χ0v) is 11.2. The zero-order valence-electron chi connectivity index (χ0n) is 10.4. The lowest BCUT2D eigenvalue weighted by Crippen LogP contribution is -2.11. The number of hydrogen-bond donors (Lipinski definition) is 2. The van der Waals surface area contributed by atoms with Crippen LogP contribution in [0.3, 0.4) is 0 Å². The van der Waals surface area contributed by atoms with Crippen molar-refractivity contribution < 1.29 is 4.74 Å². The summed E-state index contributed by atoms with van der Waals surface area (Å²) in [5, 5.41) is 0.549. The van der Waals surface area contributed by atoms with Crippen molar-refractivity contribution in [1.29, 1.82) is 0 Å². The molecule has 0 aromatic rings. The Morgan fingerprint density at radius 1 is 1.41 bits per heavy atom. The van der Waals surface area contributed by atoms with E-state index < -0.39 is 0 Å². The van der Waals surface area contributed by atoms with E-state index in [-0.39, 0.29) is 6.04 Å². The molecule has 17 heavy (non-hydrogen) atoms. The Hall–Kier alpha value is -1.19. The number of allylic oxidation sites excluding steroid dienone is 4. The molecule has 4 heteroatoms. The van der Waals surface area contributed by atoms with Crippen molar-refractivity contribution in [3.63, 3.8) is 0 Å². The predicted octanol–water partition coefficient (Wildman–Crippen LogP) is 2.80. The fourth-order valence-corrected chi connectivity index (χ4v) is 1.44. The maximum atomic E-state index is 6.05. The molecule has 1 atom stereocenters. The molecule has 3 nitrogen and oxygen atoms in total. The van der Waals surface area contributed by atoms with Gasteiger partial charge in [0.25, 0.3) is 0 Å². The highest BCUT2D eigenvalue weighted by molar-refractivity contribution is 6.31. The standard InChI is InChI=1S/C13H21ClN2O/c1-3-13(12(14)10-11(2)16)17-9-7-5-4-6-8-15/h3-6,8,10-11H,7,9,15-16H2,1-2H3/b5-4-,8-6-,12-10+,13-3+. The Kier molecular flexibility index (Phi) is 9.30. The SMILES string of the molecule is C/C=C(OCC/C=C\C=C/N)\C(Cl)=C/C(C)N. The van der Waals surface area contributed by atoms with Gasteiger partial charge in [-0.05, 0) is 44.7 Å². The maximum Gasteiger partial charge on any atom is 0.133 e. The van der Waals surface area contributed by atoms with Crippen molar-refractivity contribution in [2.75, 3.05) is 6.61 Å². The summed E-state index contributed by atoms with van der Waals surface area (Å²) in [4.78, 5) is 0. The third kappa shape index (κ3) is 8.60. The molecular formula is C13H21ClN2O. The lowest BCUT2D eigenvalue weighted by atomic mass is 10.3. The number of halogens is 1. The molecule has 0 aliphatic carbocycles. The van der Waals surface area contributed by atoms with E-state index >= 15 is 0 Å². The molecule has 0 rings (SSSR count). The summed E-state index contributed by atoms with van der Waals surface area (Å²) in [5.41, 5.74) is 10.8. The molecule has 0 saturated carbocycles. The molecule has 0 bridgehead atoms. The van der Waals surface area contributed by atoms with Crippen LogP contribution in [0.2, 0.25) is 0 Å². The quantitative estimate of drug-likeness (QED) is 0.418. The molecule has 0 aromatic carbocycles. The van der Waals surface area contributed by atoms with Crippen LogP contribution in [-0.2, 0) is 4.74 Å². The maximum absolute atomic E-state index is 6.05. The summed E-state index contributed by atoms with van der Waals surface area (Å²) < 4.78 is 5.53. The van der Waals surface area contributed by atoms with Crippen LogP contribution in [-0.4, -0.2) is 12.6 Å². The molecule has 0 aliphatic rings. The topological polar surface area (TPSA) is 61.3 Å². The minimum absolute atomic E-state index is 0.0874. The highest BCUT2D eigenvalue weighted by Gasteiger charge is 2.02. The summed E-state index contributed by atoms with van der Waals surface area (Å²) in [7, 11) is 0. The summed E-state index contributed by atoms with van der Waals surface area (Å²) in [6.07, 6.45) is 11.5. The summed E-state index contributed by atoms with van der Waals surface area (Å²) in [5.74, 6) is 0.659. The molecule has 0 fully saturated rings. The molecule has 0 radical (unpaired) electrons. The first kappa shape index (κ1) is 15.8. The zero-order chi connectivity index (χ0) is 13.1. The molecule has 0 heterocycles. The molecule has 1 unspecified atom stereocenters. The monoisotopic (exact) mass is 256 g/mol. The summed E-state index contributed by atoms with van der Waals surface area (Å²) in [6.45, 7) is 4.30. The van der Waals surface area contributed by atoms with E-state index in [0.717, 1.165) is 6.42 Å². The first-order valence-corrected chi connectivity index (χ1v) is 5.95. The third-order valence-corrected chi connectivity index (χ3v) is 2.12. The summed E-state index contributed by atoms with van der Waals surface area (Å²) in [6, 6.07) is -0.0874. The van der Waals surface area contributed by atoms with Gasteiger partial charge in [0.05, 0.1) is 11.6 Å². The van der Waals surface area contributed by atoms with Crippen LogP contribution >= 0.6 is 11.6 Å². The van der Waals surface area contributed by atoms with Crippen LogP contribution in [0.1, 0.15) is 20.3 Å². The Bertz CT molecular complexity index is 317. The third-order valence-electron chi connectivity index (χ3n) is 1.81. The van der Waals surface area contributed by atoms with Crippen molar-refractivity contribution in [2.24, 2.45) is 11.5 Å². The molecule has 0 saturated heterocycles. The van der Waals surface area contributed by atoms with Gasteiger partial charge in [-0.25, -0.2) is 0 Å². The molecule has 4 N–H and O–H groups in total. The fraction of sp³-hybridized carbons (Fsp3) is 0.385. The van der Waals surface area contributed by atoms with Crippen molar-refractivity contribution in [1.82, 2.24) is 0 Å². The van der Waals surface area contributed by atoms with E-state index in [1.165, 1.54) is 6.20 Å². The minimum atomic E-state index is -0.0874. The van der Waals surface area contributed by atoms with Crippen LogP contribution in [0, 0.1) is 0 Å². The Morgan fingerprint density at radius 3 is 2.65 bits per heavy atom. The van der Waals surface area contributed by atoms with Gasteiger partial charge >= 0.3 is 0 Å². The molecular weight excluding hydrogens is 236 g/mol. The normalized spacial score (nSPS) is 15.8. The molecule has 0 spiro atoms. The van der Waals surface area contributed by atoms with Crippen LogP contribution in [0.15, 0.2) is 47.4 Å². The summed E-state index contributed by atoms with van der Waals surface area (Å²) >= 11 is 6.05. The molecule has 96 valence electrons. The Morgan fingerprint density at radius 2 is 2.12 bits per heavy atom. The largest absolute Gasteiger partial charge is 0.492 e. The first-order chi connectivity index (χ1) is 8.11. The Balaban J connectivity index is 4.09. The first-order valence-electron chi connectivity index (χ1n) is 5.57. The average molecular weight is 257 g/mol. The van der Waals surface area contributed by atoms with Gasteiger partial charge in [-0.15, -0.1) is 0 Å². The van der Waals surface area contributed by atoms with Gasteiger partial charge in [0, 0.05) is 6.04 Å².